The highest BCUT2D eigenvalue weighted by atomic mass is 35.5. The summed E-state index contributed by atoms with van der Waals surface area (Å²) in [5.74, 6) is 5.51. The van der Waals surface area contributed by atoms with Crippen LogP contribution in [-0.4, -0.2) is 225 Å². The predicted molar refractivity (Wildman–Crippen MR) is 471 cm³/mol. The van der Waals surface area contributed by atoms with Gasteiger partial charge in [0.05, 0.1) is 54.3 Å². The molecule has 5 fully saturated rings. The van der Waals surface area contributed by atoms with Crippen molar-refractivity contribution in [2.24, 2.45) is 25.0 Å². The number of piperazine rings is 5. The Labute approximate surface area is 683 Å². The first-order valence-electron chi connectivity index (χ1n) is 39.1. The maximum Gasteiger partial charge on any atom is 0.138 e. The maximum atomic E-state index is 10.2. The zero-order valence-electron chi connectivity index (χ0n) is 64.5. The summed E-state index contributed by atoms with van der Waals surface area (Å²) in [4.78, 5) is 50.2. The largest absolute Gasteiger partial charge is 0.354 e. The molecule has 0 radical (unpaired) electrons. The lowest BCUT2D eigenvalue weighted by Crippen LogP contribution is -2.56. The van der Waals surface area contributed by atoms with Crippen molar-refractivity contribution < 1.29 is 9.85 Å². The van der Waals surface area contributed by atoms with E-state index in [0.717, 1.165) is 224 Å². The number of rotatable bonds is 0. The summed E-state index contributed by atoms with van der Waals surface area (Å²) >= 11 is 18.1. The number of quaternary nitrogens is 1. The van der Waals surface area contributed by atoms with Gasteiger partial charge < -0.3 is 50.2 Å². The fourth-order valence-electron chi connectivity index (χ4n) is 16.0. The lowest BCUT2D eigenvalue weighted by Gasteiger charge is -2.37. The van der Waals surface area contributed by atoms with E-state index in [1.165, 1.54) is 91.0 Å². The van der Waals surface area contributed by atoms with Crippen molar-refractivity contribution >= 4 is 126 Å². The molecule has 0 atom stereocenters. The van der Waals surface area contributed by atoms with Gasteiger partial charge in [-0.2, -0.15) is 4.65 Å². The highest BCUT2D eigenvalue weighted by molar-refractivity contribution is 7.13. The average molecular weight is 1590 g/mol. The number of nitrogens with one attached hydrogen (secondary N) is 3. The van der Waals surface area contributed by atoms with Crippen LogP contribution < -0.4 is 16.0 Å². The van der Waals surface area contributed by atoms with E-state index >= 15 is 0 Å². The number of fused-ring (bicyclic) bond motifs is 10. The Bertz CT molecular complexity index is 5170. The molecule has 4 N–H and O–H groups in total. The molecular formula is C90H103Cl2N16OS3+. The van der Waals surface area contributed by atoms with Gasteiger partial charge in [0.2, 0.25) is 0 Å². The van der Waals surface area contributed by atoms with E-state index in [0.29, 0.717) is 5.02 Å². The van der Waals surface area contributed by atoms with Gasteiger partial charge >= 0.3 is 0 Å². The summed E-state index contributed by atoms with van der Waals surface area (Å²) in [6.07, 6.45) is 3.87. The van der Waals surface area contributed by atoms with Crippen LogP contribution in [0.4, 0.5) is 39.8 Å². The zero-order valence-corrected chi connectivity index (χ0v) is 68.4. The SMILES string of the molecule is C.CN1CCN(C2=Nc3ccccc3Cc3ccc(Cl)cc32)CC1.Cc1cc2c(s1)Cc1ccccc1N=C2N1CCN(C)CC1.Cc1cc2c(s1)Cc1ccccc1N=C2N1CCNCC1.Cc1cc2c(s1)Cc1ccccc1N=C2N1CC[N+](C)(O)CC1.Clc1ccc2c(c1)N=C(N1CCNCC1)c1ccccc1N2. The van der Waals surface area contributed by atoms with Crippen molar-refractivity contribution in [2.45, 2.75) is 53.9 Å². The van der Waals surface area contributed by atoms with Gasteiger partial charge in [-0.25, -0.2) is 30.2 Å². The topological polar surface area (TPSA) is 141 Å². The van der Waals surface area contributed by atoms with Crippen LogP contribution in [0.1, 0.15) is 92.3 Å². The number of nitrogens with zero attached hydrogens (tertiary/aromatic N) is 13. The van der Waals surface area contributed by atoms with E-state index in [1.54, 1.807) is 0 Å². The maximum absolute atomic E-state index is 10.2. The van der Waals surface area contributed by atoms with Crippen molar-refractivity contribution in [3.63, 3.8) is 0 Å². The first kappa shape index (κ1) is 78.4. The fourth-order valence-corrected chi connectivity index (χ4v) is 19.5. The number of para-hydroxylation sites is 5. The third kappa shape index (κ3) is 18.2. The minimum atomic E-state index is 0. The van der Waals surface area contributed by atoms with Gasteiger partial charge in [-0.05, 0) is 148 Å². The third-order valence-electron chi connectivity index (χ3n) is 22.2. The van der Waals surface area contributed by atoms with Crippen molar-refractivity contribution in [3.05, 3.63) is 271 Å². The number of aryl methyl sites for hydroxylation is 3. The van der Waals surface area contributed by atoms with Crippen LogP contribution in [0.3, 0.4) is 0 Å². The Morgan fingerprint density at radius 3 is 1.14 bits per heavy atom. The molecule has 7 aromatic carbocycles. The monoisotopic (exact) mass is 1590 g/mol. The Balaban J connectivity index is 0.000000111. The molecule has 580 valence electrons. The van der Waals surface area contributed by atoms with Gasteiger partial charge in [-0.3, -0.25) is 0 Å². The smallest absolute Gasteiger partial charge is 0.138 e. The molecule has 10 aliphatic heterocycles. The Hall–Kier alpha value is -8.87. The lowest BCUT2D eigenvalue weighted by molar-refractivity contribution is -1.09. The van der Waals surface area contributed by atoms with Gasteiger partial charge in [0.15, 0.2) is 0 Å². The van der Waals surface area contributed by atoms with E-state index in [9.17, 15) is 5.21 Å². The molecule has 0 amide bonds. The number of hydrogen-bond donors (Lipinski definition) is 4. The molecule has 0 saturated carbocycles. The van der Waals surface area contributed by atoms with Crippen molar-refractivity contribution in [3.8, 4) is 0 Å². The molecule has 10 aliphatic rings. The van der Waals surface area contributed by atoms with Gasteiger partial charge in [-0.1, -0.05) is 122 Å². The molecule has 10 aromatic rings. The van der Waals surface area contributed by atoms with E-state index < -0.39 is 0 Å². The molecule has 0 spiro atoms. The minimum Gasteiger partial charge on any atom is -0.354 e. The molecular weight excluding hydrogens is 1490 g/mol. The van der Waals surface area contributed by atoms with Gasteiger partial charge in [0.25, 0.3) is 0 Å². The normalized spacial score (nSPS) is 18.0. The van der Waals surface area contributed by atoms with Gasteiger partial charge in [0.1, 0.15) is 42.3 Å². The average Bonchev–Trinajstić information content (AvgIpc) is 1.66. The molecule has 17 nitrogen and oxygen atoms in total. The number of likely N-dealkylation sites (N-methyl/N-ethyl adjacent to an activating group) is 3. The number of hydroxylamine groups is 3. The van der Waals surface area contributed by atoms with Gasteiger partial charge in [0, 0.05) is 203 Å². The van der Waals surface area contributed by atoms with Crippen LogP contribution >= 0.6 is 57.2 Å². The number of hydrogen-bond acceptors (Lipinski definition) is 19. The number of halogens is 2. The minimum absolute atomic E-state index is 0. The van der Waals surface area contributed by atoms with Crippen LogP contribution in [0.25, 0.3) is 0 Å². The molecule has 3 aromatic heterocycles. The van der Waals surface area contributed by atoms with Crippen LogP contribution in [0.2, 0.25) is 10.0 Å². The summed E-state index contributed by atoms with van der Waals surface area (Å²) in [6, 6.07) is 61.2. The van der Waals surface area contributed by atoms with Crippen LogP contribution in [0.15, 0.2) is 201 Å². The molecule has 0 aliphatic carbocycles. The van der Waals surface area contributed by atoms with E-state index in [-0.39, 0.29) is 12.1 Å². The number of benzene rings is 7. The molecule has 112 heavy (non-hydrogen) atoms. The van der Waals surface area contributed by atoms with Crippen molar-refractivity contribution in [1.82, 2.24) is 44.9 Å². The summed E-state index contributed by atoms with van der Waals surface area (Å²) < 4.78 is 0.107. The summed E-state index contributed by atoms with van der Waals surface area (Å²) in [6.45, 7) is 26.2. The highest BCUT2D eigenvalue weighted by Gasteiger charge is 2.34. The highest BCUT2D eigenvalue weighted by Crippen LogP contribution is 2.41. The second-order valence-corrected chi connectivity index (χ2v) is 35.3. The van der Waals surface area contributed by atoms with E-state index in [1.807, 2.05) is 71.4 Å². The second-order valence-electron chi connectivity index (χ2n) is 30.4. The quantitative estimate of drug-likeness (QED) is 0.108. The lowest BCUT2D eigenvalue weighted by atomic mass is 9.99. The molecule has 22 heteroatoms. The Morgan fingerprint density at radius 1 is 0.348 bits per heavy atom. The third-order valence-corrected chi connectivity index (χ3v) is 25.8. The number of thiophene rings is 3. The molecule has 5 saturated heterocycles. The Morgan fingerprint density at radius 2 is 0.696 bits per heavy atom. The number of anilines is 2. The fraction of sp³-hybridized carbons (Fsp3) is 0.344. The molecule has 20 rings (SSSR count). The predicted octanol–water partition coefficient (Wildman–Crippen LogP) is 17.0. The summed E-state index contributed by atoms with van der Waals surface area (Å²) in [5, 5.41) is 22.0. The van der Waals surface area contributed by atoms with Crippen LogP contribution in [0.5, 0.6) is 0 Å². The summed E-state index contributed by atoms with van der Waals surface area (Å²) in [5.41, 5.74) is 20.2. The molecule has 0 unspecified atom stereocenters. The first-order valence-corrected chi connectivity index (χ1v) is 42.4. The number of aliphatic imine (C=N–C) groups is 5. The van der Waals surface area contributed by atoms with Gasteiger partial charge in [-0.15, -0.1) is 34.0 Å². The van der Waals surface area contributed by atoms with Crippen LogP contribution in [-0.2, 0) is 25.7 Å². The standard InChI is InChI=1S/C19H20ClN3.C18H22N3OS.C18H21N3S.C17H17ClN4.C17H19N3S.CH4/c1-22-8-10-23(11-9-22)19-17-13-16(20)7-6-14(17)12-15-4-2-3-5-18(15)21-19;1-13-11-15-17(23-13)12-14-5-3-4-6-16(14)19-18(15)20-7-9-21(2,22)10-8-20;1-13-11-15-17(22-13)12-14-5-3-4-6-16(14)19-18(15)21-9-7-20(2)8-10-21;18-12-5-6-15-16(11-12)21-17(22-9-7-19-8-10-22)13-3-1-2-4-14(13)20-15;1-12-10-14-16(21-12)11-13-4-2-3-5-15(13)19-17(14)20-8-6-18-7-9-20;/h2-7,13H,8-12H2,1H3;3-6,11,22H,7-10,12H2,1-2H3;3-6,11H,7-10,12H2,1-2H3;1-6,11,19-20H,7-10H2;2-5,10,18H,6-9,11H2,1H3;1H4/q;+1;;;;. The first-order chi connectivity index (χ1) is 54.0. The van der Waals surface area contributed by atoms with E-state index in [2.05, 4.69) is 231 Å². The Kier molecular flexibility index (Phi) is 24.7. The van der Waals surface area contributed by atoms with Crippen molar-refractivity contribution in [1.29, 1.82) is 0 Å². The summed E-state index contributed by atoms with van der Waals surface area (Å²) in [7, 11) is 6.25. The van der Waals surface area contributed by atoms with Crippen LogP contribution in [0, 0.1) is 20.8 Å². The second kappa shape index (κ2) is 35.3. The van der Waals surface area contributed by atoms with Crippen molar-refractivity contribution in [2.75, 3.05) is 157 Å². The molecule has 13 heterocycles. The number of amidine groups is 5. The van der Waals surface area contributed by atoms with E-state index in [4.69, 9.17) is 48.2 Å². The zero-order chi connectivity index (χ0) is 76.1. The molecule has 0 bridgehead atoms.